The van der Waals surface area contributed by atoms with Crippen LogP contribution in [0, 0.1) is 0 Å². The summed E-state index contributed by atoms with van der Waals surface area (Å²) < 4.78 is 34.4. The van der Waals surface area contributed by atoms with Crippen LogP contribution in [-0.2, 0) is 32.7 Å². The van der Waals surface area contributed by atoms with Crippen LogP contribution in [0.2, 0.25) is 0 Å². The molecule has 10 heteroatoms. The highest BCUT2D eigenvalue weighted by Crippen LogP contribution is 2.38. The van der Waals surface area contributed by atoms with Crippen LogP contribution in [0.25, 0.3) is 0 Å². The maximum absolute atomic E-state index is 12.9. The van der Waals surface area contributed by atoms with Crippen LogP contribution in [-0.4, -0.2) is 70.0 Å². The average molecular weight is 1330 g/mol. The minimum Gasteiger partial charge on any atom is -0.756 e. The Morgan fingerprint density at radius 1 is 0.340 bits per heavy atom. The summed E-state index contributed by atoms with van der Waals surface area (Å²) in [5.74, 6) is -0.825. The van der Waals surface area contributed by atoms with Crippen LogP contribution in [0.3, 0.4) is 0 Å². The van der Waals surface area contributed by atoms with Crippen molar-refractivity contribution in [3.8, 4) is 0 Å². The van der Waals surface area contributed by atoms with E-state index in [9.17, 15) is 19.0 Å². The van der Waals surface area contributed by atoms with Crippen molar-refractivity contribution in [2.24, 2.45) is 0 Å². The van der Waals surface area contributed by atoms with Gasteiger partial charge in [0.05, 0.1) is 27.7 Å². The Balaban J connectivity index is 4.00. The number of carbonyl (C=O) groups excluding carboxylic acids is 2. The number of esters is 2. The molecule has 2 atom stereocenters. The lowest BCUT2D eigenvalue weighted by Gasteiger charge is -2.28. The monoisotopic (exact) mass is 1330 g/mol. The van der Waals surface area contributed by atoms with Gasteiger partial charge in [-0.15, -0.1) is 0 Å². The van der Waals surface area contributed by atoms with Gasteiger partial charge in [0.2, 0.25) is 0 Å². The van der Waals surface area contributed by atoms with E-state index >= 15 is 0 Å². The number of unbranched alkanes of at least 4 members (excludes halogenated alkanes) is 41. The van der Waals surface area contributed by atoms with Crippen LogP contribution in [0.5, 0.6) is 0 Å². The second-order valence-corrected chi connectivity index (χ2v) is 29.1. The minimum atomic E-state index is -4.65. The topological polar surface area (TPSA) is 111 Å². The number of nitrogens with zero attached hydrogens (tertiary/aromatic N) is 1. The fourth-order valence-corrected chi connectivity index (χ4v) is 12.0. The van der Waals surface area contributed by atoms with Crippen LogP contribution < -0.4 is 4.89 Å². The third kappa shape index (κ3) is 77.7. The molecule has 0 rings (SSSR count). The van der Waals surface area contributed by atoms with E-state index in [0.29, 0.717) is 17.4 Å². The molecule has 0 heterocycles. The maximum atomic E-state index is 12.9. The molecule has 0 aromatic rings. The number of hydrogen-bond acceptors (Lipinski definition) is 8. The first-order valence-corrected chi connectivity index (χ1v) is 41.1. The molecule has 0 aliphatic heterocycles. The van der Waals surface area contributed by atoms with Gasteiger partial charge in [0.1, 0.15) is 19.8 Å². The van der Waals surface area contributed by atoms with Gasteiger partial charge in [-0.25, -0.2) is 0 Å². The molecule has 0 N–H and O–H groups in total. The number of allylic oxidation sites excluding steroid dienone is 18. The molecule has 544 valence electrons. The predicted octanol–water partition coefficient (Wildman–Crippen LogP) is 25.8. The second kappa shape index (κ2) is 73.9. The van der Waals surface area contributed by atoms with Crippen LogP contribution in [0.4, 0.5) is 0 Å². The van der Waals surface area contributed by atoms with E-state index < -0.39 is 26.5 Å². The van der Waals surface area contributed by atoms with E-state index in [1.54, 1.807) is 0 Å². The van der Waals surface area contributed by atoms with Crippen molar-refractivity contribution in [2.75, 3.05) is 47.5 Å². The SMILES string of the molecule is CC/C=C\C/C=C\C/C=C\C/C=C\C/C=C\C/C=C\C/C=C\C/C=C\C/C=C\CCCCCCCCCCCCCC(=O)OC(COC(=O)CCCCCCCCCCCCCCCCCCCCCCCCCCCCCCCCC)COP(=O)([O-])OCC[N+](C)(C)C. The summed E-state index contributed by atoms with van der Waals surface area (Å²) >= 11 is 0. The molecular weight excluding hydrogens is 1180 g/mol. The number of carbonyl (C=O) groups is 2. The van der Waals surface area contributed by atoms with Gasteiger partial charge in [-0.05, 0) is 83.5 Å². The van der Waals surface area contributed by atoms with Crippen molar-refractivity contribution >= 4 is 19.8 Å². The molecule has 0 aliphatic rings. The Morgan fingerprint density at radius 3 is 0.904 bits per heavy atom. The smallest absolute Gasteiger partial charge is 0.306 e. The maximum Gasteiger partial charge on any atom is 0.306 e. The Morgan fingerprint density at radius 2 is 0.606 bits per heavy atom. The Labute approximate surface area is 582 Å². The fraction of sp³-hybridized carbons (Fsp3) is 0.762. The average Bonchev–Trinajstić information content (AvgIpc) is 1.56. The molecule has 0 fully saturated rings. The van der Waals surface area contributed by atoms with Gasteiger partial charge in [-0.3, -0.25) is 14.2 Å². The highest BCUT2D eigenvalue weighted by atomic mass is 31.2. The van der Waals surface area contributed by atoms with Crippen molar-refractivity contribution in [1.82, 2.24) is 0 Å². The summed E-state index contributed by atoms with van der Waals surface area (Å²) in [4.78, 5) is 38.2. The molecular formula is C84H150NO8P. The molecule has 0 saturated heterocycles. The lowest BCUT2D eigenvalue weighted by Crippen LogP contribution is -2.37. The van der Waals surface area contributed by atoms with Gasteiger partial charge in [0, 0.05) is 12.8 Å². The van der Waals surface area contributed by atoms with Crippen molar-refractivity contribution in [3.05, 3.63) is 109 Å². The first kappa shape index (κ1) is 90.7. The normalized spacial score (nSPS) is 13.6. The first-order chi connectivity index (χ1) is 46.0. The summed E-state index contributed by atoms with van der Waals surface area (Å²) in [6, 6.07) is 0. The summed E-state index contributed by atoms with van der Waals surface area (Å²) in [7, 11) is 1.17. The van der Waals surface area contributed by atoms with Gasteiger partial charge in [-0.2, -0.15) is 0 Å². The summed E-state index contributed by atoms with van der Waals surface area (Å²) in [6.45, 7) is 4.17. The Hall–Kier alpha value is -3.33. The molecule has 0 radical (unpaired) electrons. The summed E-state index contributed by atoms with van der Waals surface area (Å²) in [6.07, 6.45) is 105. The molecule has 0 aromatic heterocycles. The lowest BCUT2D eigenvalue weighted by atomic mass is 10.0. The van der Waals surface area contributed by atoms with Crippen molar-refractivity contribution in [2.45, 2.75) is 367 Å². The standard InChI is InChI=1S/C84H150NO8P/c1-6-8-10-12-14-16-18-20-22-24-26-28-30-32-34-36-38-39-40-41-42-43-44-45-47-49-51-53-55-57-59-61-63-65-67-69-71-73-75-77-84(87)93-82(81-92-94(88,89)91-79-78-85(3,4)5)80-90-83(86)76-74-72-70-68-66-64-62-60-58-56-54-52-50-48-46-37-35-33-31-29-27-25-23-21-19-17-15-13-11-9-7-2/h8,10,14,16,20,22,26,28,32,34,38-39,41-42,44-45,49,51,82H,6-7,9,11-13,15,17-19,21,23-25,27,29-31,33,35-37,40,43,46-48,50,52-81H2,1-5H3/b10-8-,16-14-,22-20-,28-26-,34-32-,39-38-,42-41-,45-44-,51-49-. The van der Waals surface area contributed by atoms with Gasteiger partial charge >= 0.3 is 11.9 Å². The van der Waals surface area contributed by atoms with E-state index in [1.165, 1.54) is 225 Å². The van der Waals surface area contributed by atoms with Gasteiger partial charge in [0.25, 0.3) is 7.82 Å². The number of likely N-dealkylation sites (N-methyl/N-ethyl adjacent to an activating group) is 1. The number of hydrogen-bond donors (Lipinski definition) is 0. The van der Waals surface area contributed by atoms with Gasteiger partial charge < -0.3 is 27.9 Å². The van der Waals surface area contributed by atoms with Gasteiger partial charge in [0.15, 0.2) is 6.10 Å². The Kier molecular flexibility index (Phi) is 71.3. The van der Waals surface area contributed by atoms with Crippen LogP contribution >= 0.6 is 7.82 Å². The quantitative estimate of drug-likeness (QED) is 0.0195. The Bertz CT molecular complexity index is 1960. The molecule has 0 saturated carbocycles. The van der Waals surface area contributed by atoms with Crippen LogP contribution in [0.1, 0.15) is 361 Å². The predicted molar refractivity (Wildman–Crippen MR) is 406 cm³/mol. The summed E-state index contributed by atoms with van der Waals surface area (Å²) in [5.41, 5.74) is 0. The van der Waals surface area contributed by atoms with E-state index in [-0.39, 0.29) is 32.0 Å². The first-order valence-electron chi connectivity index (χ1n) is 39.6. The number of phosphoric acid groups is 1. The van der Waals surface area contributed by atoms with Crippen molar-refractivity contribution in [3.63, 3.8) is 0 Å². The largest absolute Gasteiger partial charge is 0.756 e. The third-order valence-electron chi connectivity index (χ3n) is 17.3. The zero-order chi connectivity index (χ0) is 68.3. The van der Waals surface area contributed by atoms with Crippen molar-refractivity contribution in [1.29, 1.82) is 0 Å². The van der Waals surface area contributed by atoms with Gasteiger partial charge in [-0.1, -0.05) is 374 Å². The second-order valence-electron chi connectivity index (χ2n) is 27.7. The molecule has 0 spiro atoms. The summed E-state index contributed by atoms with van der Waals surface area (Å²) in [5, 5.41) is 0. The number of phosphoric ester groups is 1. The number of rotatable bonds is 73. The van der Waals surface area contributed by atoms with E-state index in [4.69, 9.17) is 18.5 Å². The van der Waals surface area contributed by atoms with Crippen molar-refractivity contribution < 1.29 is 42.1 Å². The molecule has 0 amide bonds. The molecule has 94 heavy (non-hydrogen) atoms. The zero-order valence-corrected chi connectivity index (χ0v) is 63.0. The molecule has 2 unspecified atom stereocenters. The molecule has 0 bridgehead atoms. The van der Waals surface area contributed by atoms with E-state index in [2.05, 4.69) is 123 Å². The molecule has 0 aromatic carbocycles. The zero-order valence-electron chi connectivity index (χ0n) is 62.1. The number of ether oxygens (including phenoxy) is 2. The third-order valence-corrected chi connectivity index (χ3v) is 18.3. The highest BCUT2D eigenvalue weighted by Gasteiger charge is 2.22. The van der Waals surface area contributed by atoms with Crippen LogP contribution in [0.15, 0.2) is 109 Å². The lowest BCUT2D eigenvalue weighted by molar-refractivity contribution is -0.870. The highest BCUT2D eigenvalue weighted by molar-refractivity contribution is 7.45. The molecule has 0 aliphatic carbocycles. The fourth-order valence-electron chi connectivity index (χ4n) is 11.3. The van der Waals surface area contributed by atoms with E-state index in [0.717, 1.165) is 103 Å². The number of quaternary nitrogens is 1. The molecule has 9 nitrogen and oxygen atoms in total. The van der Waals surface area contributed by atoms with E-state index in [1.807, 2.05) is 21.1 Å². The minimum absolute atomic E-state index is 0.0335.